The summed E-state index contributed by atoms with van der Waals surface area (Å²) in [7, 11) is 1.56. The number of aliphatic hydroxyl groups is 1. The summed E-state index contributed by atoms with van der Waals surface area (Å²) in [6.07, 6.45) is -2.05. The molecule has 1 aromatic carbocycles. The molecule has 1 fully saturated rings. The molecule has 1 aliphatic heterocycles. The van der Waals surface area contributed by atoms with Gasteiger partial charge in [-0.25, -0.2) is 0 Å². The van der Waals surface area contributed by atoms with E-state index in [9.17, 15) is 9.90 Å². The van der Waals surface area contributed by atoms with Crippen molar-refractivity contribution < 1.29 is 24.1 Å². The lowest BCUT2D eigenvalue weighted by molar-refractivity contribution is -0.261. The number of aliphatic hydroxyl groups excluding tert-OH is 1. The summed E-state index contributed by atoms with van der Waals surface area (Å²) in [6.45, 7) is 7.61. The fraction of sp³-hybridized carbons (Fsp3) is 0.588. The van der Waals surface area contributed by atoms with Crippen LogP contribution in [-0.4, -0.2) is 30.6 Å². The number of carbonyl (C=O) groups excluding carboxylic acids is 1. The number of hydrogen-bond donors (Lipinski definition) is 1. The lowest BCUT2D eigenvalue weighted by atomic mass is 9.88. The van der Waals surface area contributed by atoms with Crippen molar-refractivity contribution in [1.82, 2.24) is 0 Å². The molecule has 0 amide bonds. The number of methoxy groups -OCH3 is 1. The Kier molecular flexibility index (Phi) is 4.78. The van der Waals surface area contributed by atoms with Crippen LogP contribution in [0.1, 0.15) is 39.4 Å². The van der Waals surface area contributed by atoms with Crippen LogP contribution in [0.15, 0.2) is 24.3 Å². The van der Waals surface area contributed by atoms with Crippen molar-refractivity contribution in [1.29, 1.82) is 0 Å². The van der Waals surface area contributed by atoms with Gasteiger partial charge in [0.25, 0.3) is 0 Å². The maximum Gasteiger partial charge on any atom is 0.316 e. The third kappa shape index (κ3) is 3.42. The molecule has 5 nitrogen and oxygen atoms in total. The maximum absolute atomic E-state index is 12.3. The van der Waals surface area contributed by atoms with Crippen molar-refractivity contribution in [2.45, 2.75) is 46.2 Å². The monoisotopic (exact) mass is 308 g/mol. The Bertz CT molecular complexity index is 534. The van der Waals surface area contributed by atoms with Crippen LogP contribution >= 0.6 is 0 Å². The third-order valence-corrected chi connectivity index (χ3v) is 3.82. The maximum atomic E-state index is 12.3. The fourth-order valence-corrected chi connectivity index (χ4v) is 2.48. The van der Waals surface area contributed by atoms with Crippen molar-refractivity contribution >= 4 is 5.97 Å². The molecule has 4 atom stereocenters. The van der Waals surface area contributed by atoms with Crippen molar-refractivity contribution in [2.75, 3.05) is 7.11 Å². The molecule has 1 heterocycles. The predicted octanol–water partition coefficient (Wildman–Crippen LogP) is 2.68. The van der Waals surface area contributed by atoms with Crippen LogP contribution in [0, 0.1) is 11.3 Å². The molecule has 0 aromatic heterocycles. The summed E-state index contributed by atoms with van der Waals surface area (Å²) >= 11 is 0. The second-order valence-electron chi connectivity index (χ2n) is 6.72. The topological polar surface area (TPSA) is 65.0 Å². The smallest absolute Gasteiger partial charge is 0.316 e. The lowest BCUT2D eigenvalue weighted by Crippen LogP contribution is -2.49. The molecule has 2 rings (SSSR count). The highest BCUT2D eigenvalue weighted by Crippen LogP contribution is 2.37. The summed E-state index contributed by atoms with van der Waals surface area (Å²) in [4.78, 5) is 12.3. The number of rotatable bonds is 3. The van der Waals surface area contributed by atoms with Crippen LogP contribution in [0.4, 0.5) is 0 Å². The van der Waals surface area contributed by atoms with Gasteiger partial charge in [-0.2, -0.15) is 0 Å². The Morgan fingerprint density at radius 1 is 1.32 bits per heavy atom. The zero-order chi connectivity index (χ0) is 16.5. The Labute approximate surface area is 131 Å². The Balaban J connectivity index is 2.19. The van der Waals surface area contributed by atoms with E-state index in [1.807, 2.05) is 20.8 Å². The number of ether oxygens (including phenoxy) is 3. The van der Waals surface area contributed by atoms with Gasteiger partial charge in [0.15, 0.2) is 0 Å². The molecule has 22 heavy (non-hydrogen) atoms. The van der Waals surface area contributed by atoms with Crippen LogP contribution in [0.2, 0.25) is 0 Å². The van der Waals surface area contributed by atoms with Crippen molar-refractivity contribution in [2.24, 2.45) is 11.3 Å². The molecule has 0 radical (unpaired) electrons. The number of carbonyl (C=O) groups is 1. The van der Waals surface area contributed by atoms with Gasteiger partial charge < -0.3 is 19.3 Å². The molecule has 1 aliphatic rings. The molecule has 0 spiro atoms. The van der Waals surface area contributed by atoms with Crippen LogP contribution in [-0.2, 0) is 14.3 Å². The summed E-state index contributed by atoms with van der Waals surface area (Å²) in [5.41, 5.74) is 0.293. The Morgan fingerprint density at radius 3 is 2.55 bits per heavy atom. The first-order chi connectivity index (χ1) is 10.2. The second kappa shape index (κ2) is 6.26. The molecule has 4 unspecified atom stereocenters. The van der Waals surface area contributed by atoms with E-state index >= 15 is 0 Å². The van der Waals surface area contributed by atoms with Crippen LogP contribution in [0.25, 0.3) is 0 Å². The second-order valence-corrected chi connectivity index (χ2v) is 6.72. The van der Waals surface area contributed by atoms with Gasteiger partial charge in [-0.05, 0) is 24.6 Å². The normalized spacial score (nSPS) is 27.2. The molecule has 0 aliphatic carbocycles. The summed E-state index contributed by atoms with van der Waals surface area (Å²) in [6, 6.07) is 7.02. The number of benzene rings is 1. The minimum atomic E-state index is -1.00. The Hall–Kier alpha value is -1.59. The number of hydrogen-bond acceptors (Lipinski definition) is 5. The molecular weight excluding hydrogens is 284 g/mol. The molecule has 1 aromatic rings. The van der Waals surface area contributed by atoms with E-state index in [-0.39, 0.29) is 5.41 Å². The minimum Gasteiger partial charge on any atom is -0.497 e. The standard InChI is InChI=1S/C17H24O5/c1-10-13(15(19)22-16(21-10)17(2,3)4)14(18)11-7-6-8-12(9-11)20-5/h6-10,13-14,16,18H,1-5H3. The van der Waals surface area contributed by atoms with Crippen molar-refractivity contribution in [3.63, 3.8) is 0 Å². The lowest BCUT2D eigenvalue weighted by Gasteiger charge is -2.40. The van der Waals surface area contributed by atoms with E-state index in [1.54, 1.807) is 38.3 Å². The molecule has 0 bridgehead atoms. The average molecular weight is 308 g/mol. The van der Waals surface area contributed by atoms with E-state index in [4.69, 9.17) is 14.2 Å². The van der Waals surface area contributed by atoms with E-state index in [0.29, 0.717) is 11.3 Å². The van der Waals surface area contributed by atoms with Crippen LogP contribution in [0.5, 0.6) is 5.75 Å². The Morgan fingerprint density at radius 2 is 2.00 bits per heavy atom. The summed E-state index contributed by atoms with van der Waals surface area (Å²) in [5.74, 6) is -0.568. The van der Waals surface area contributed by atoms with Gasteiger partial charge in [-0.15, -0.1) is 0 Å². The number of esters is 1. The van der Waals surface area contributed by atoms with Gasteiger partial charge in [0.05, 0.1) is 19.3 Å². The van der Waals surface area contributed by atoms with Gasteiger partial charge in [-0.1, -0.05) is 32.9 Å². The van der Waals surface area contributed by atoms with Crippen LogP contribution in [0.3, 0.4) is 0 Å². The summed E-state index contributed by atoms with van der Waals surface area (Å²) in [5, 5.41) is 10.6. The number of cyclic esters (lactones) is 1. The highest BCUT2D eigenvalue weighted by Gasteiger charge is 2.45. The zero-order valence-electron chi connectivity index (χ0n) is 13.7. The van der Waals surface area contributed by atoms with Crippen LogP contribution < -0.4 is 4.74 Å². The van der Waals surface area contributed by atoms with Gasteiger partial charge in [0.1, 0.15) is 11.7 Å². The van der Waals surface area contributed by atoms with E-state index < -0.39 is 30.4 Å². The van der Waals surface area contributed by atoms with Crippen molar-refractivity contribution in [3.05, 3.63) is 29.8 Å². The highest BCUT2D eigenvalue weighted by atomic mass is 16.7. The third-order valence-electron chi connectivity index (χ3n) is 3.82. The molecule has 0 saturated carbocycles. The first kappa shape index (κ1) is 16.8. The zero-order valence-corrected chi connectivity index (χ0v) is 13.7. The molecule has 122 valence electrons. The van der Waals surface area contributed by atoms with E-state index in [2.05, 4.69) is 0 Å². The molecule has 1 saturated heterocycles. The fourth-order valence-electron chi connectivity index (χ4n) is 2.48. The average Bonchev–Trinajstić information content (AvgIpc) is 2.45. The first-order valence-electron chi connectivity index (χ1n) is 7.42. The van der Waals surface area contributed by atoms with Crippen molar-refractivity contribution in [3.8, 4) is 5.75 Å². The SMILES string of the molecule is COc1cccc(C(O)C2C(=O)OC(C(C)(C)C)OC2C)c1. The van der Waals surface area contributed by atoms with Gasteiger partial charge in [0.2, 0.25) is 6.29 Å². The predicted molar refractivity (Wildman–Crippen MR) is 81.3 cm³/mol. The first-order valence-corrected chi connectivity index (χ1v) is 7.42. The van der Waals surface area contributed by atoms with Gasteiger partial charge >= 0.3 is 5.97 Å². The molecule has 1 N–H and O–H groups in total. The van der Waals surface area contributed by atoms with E-state index in [0.717, 1.165) is 0 Å². The largest absolute Gasteiger partial charge is 0.497 e. The van der Waals surface area contributed by atoms with E-state index in [1.165, 1.54) is 0 Å². The van der Waals surface area contributed by atoms with Gasteiger partial charge in [-0.3, -0.25) is 4.79 Å². The highest BCUT2D eigenvalue weighted by molar-refractivity contribution is 5.75. The quantitative estimate of drug-likeness (QED) is 0.870. The summed E-state index contributed by atoms with van der Waals surface area (Å²) < 4.78 is 16.3. The molecular formula is C17H24O5. The minimum absolute atomic E-state index is 0.310. The molecule has 5 heteroatoms. The van der Waals surface area contributed by atoms with Gasteiger partial charge in [0, 0.05) is 5.41 Å².